The third-order valence-electron chi connectivity index (χ3n) is 10.6. The van der Waals surface area contributed by atoms with E-state index < -0.39 is 47.8 Å². The normalized spacial score (nSPS) is 19.0. The Hall–Kier alpha value is -5.66. The maximum absolute atomic E-state index is 14.3. The molecule has 7 rings (SSSR count). The van der Waals surface area contributed by atoms with Gasteiger partial charge in [0.25, 0.3) is 0 Å². The number of alkyl carbamates (subject to hydrolysis) is 1. The smallest absolute Gasteiger partial charge is 0.408 e. The molecule has 3 heterocycles. The zero-order valence-electron chi connectivity index (χ0n) is 30.8. The molecule has 1 saturated carbocycles. The van der Waals surface area contributed by atoms with E-state index in [1.807, 2.05) is 91.3 Å². The molecule has 2 aromatic heterocycles. The van der Waals surface area contributed by atoms with E-state index in [1.165, 1.54) is 7.11 Å². The van der Waals surface area contributed by atoms with Crippen LogP contribution in [0.3, 0.4) is 0 Å². The van der Waals surface area contributed by atoms with Gasteiger partial charge in [0, 0.05) is 59.4 Å². The Morgan fingerprint density at radius 1 is 0.782 bits per heavy atom. The number of esters is 1. The van der Waals surface area contributed by atoms with E-state index >= 15 is 0 Å². The maximum Gasteiger partial charge on any atom is 0.408 e. The van der Waals surface area contributed by atoms with Crippen LogP contribution in [0.1, 0.15) is 48.8 Å². The fourth-order valence-corrected chi connectivity index (χ4v) is 7.92. The number of carbonyl (C=O) groups is 4. The summed E-state index contributed by atoms with van der Waals surface area (Å²) in [5.41, 5.74) is 4.39. The fraction of sp³-hybridized carbons (Fsp3) is 0.381. The average molecular weight is 750 g/mol. The Labute approximate surface area is 318 Å². The van der Waals surface area contributed by atoms with Crippen LogP contribution in [0.2, 0.25) is 0 Å². The molecule has 1 aliphatic heterocycles. The van der Waals surface area contributed by atoms with E-state index in [1.54, 1.807) is 0 Å². The van der Waals surface area contributed by atoms with Crippen molar-refractivity contribution in [2.45, 2.75) is 75.5 Å². The third kappa shape index (κ3) is 8.68. The van der Waals surface area contributed by atoms with Gasteiger partial charge in [0.2, 0.25) is 11.8 Å². The quantitative estimate of drug-likeness (QED) is 0.102. The number of rotatable bonds is 13. The number of hydrogen-bond donors (Lipinski definition) is 5. The number of para-hydroxylation sites is 2. The molecule has 288 valence electrons. The first-order chi connectivity index (χ1) is 26.8. The van der Waals surface area contributed by atoms with Crippen molar-refractivity contribution < 1.29 is 38.1 Å². The molecule has 4 atom stereocenters. The van der Waals surface area contributed by atoms with Crippen molar-refractivity contribution in [1.82, 2.24) is 25.9 Å². The largest absolute Gasteiger partial charge is 0.467 e. The predicted molar refractivity (Wildman–Crippen MR) is 205 cm³/mol. The van der Waals surface area contributed by atoms with Gasteiger partial charge < -0.3 is 44.9 Å². The molecule has 3 aromatic carbocycles. The second-order valence-electron chi connectivity index (χ2n) is 14.2. The van der Waals surface area contributed by atoms with Crippen LogP contribution in [0.4, 0.5) is 4.79 Å². The second-order valence-corrected chi connectivity index (χ2v) is 14.2. The predicted octanol–water partition coefficient (Wildman–Crippen LogP) is 5.20. The topological polar surface area (TPSA) is 173 Å². The molecule has 0 bridgehead atoms. The van der Waals surface area contributed by atoms with Crippen molar-refractivity contribution in [2.24, 2.45) is 5.92 Å². The standard InChI is InChI=1S/C42H47N5O8/c1-52-40(50)36(22-29-25-44-34-17-8-6-15-32(29)34)45-38(48)23-30-13-9-18-37(42(30)54-19-10-20-55-42)47-39(49)35(21-28-24-43-33-16-7-5-14-31(28)33)46-41(51)53-26-27-11-3-2-4-12-27/h2-8,11-12,14-17,24-25,30,35-37,43-44H,9-10,13,18-23,26H2,1H3,(H,45,48)(H,46,51)(H,47,49)/t30-,35+,36+,37-/m1/s1. The molecule has 5 N–H and O–H groups in total. The molecule has 13 nitrogen and oxygen atoms in total. The molecule has 2 fully saturated rings. The van der Waals surface area contributed by atoms with Gasteiger partial charge in [-0.25, -0.2) is 9.59 Å². The maximum atomic E-state index is 14.3. The van der Waals surface area contributed by atoms with E-state index in [0.29, 0.717) is 38.9 Å². The Morgan fingerprint density at radius 3 is 2.05 bits per heavy atom. The monoisotopic (exact) mass is 749 g/mol. The van der Waals surface area contributed by atoms with Crippen molar-refractivity contribution in [1.29, 1.82) is 0 Å². The lowest BCUT2D eigenvalue weighted by Gasteiger charge is -2.50. The molecule has 1 spiro atoms. The van der Waals surface area contributed by atoms with E-state index in [2.05, 4.69) is 25.9 Å². The summed E-state index contributed by atoms with van der Waals surface area (Å²) in [6.07, 6.45) is 5.86. The van der Waals surface area contributed by atoms with Gasteiger partial charge in [0.05, 0.1) is 26.4 Å². The van der Waals surface area contributed by atoms with Gasteiger partial charge in [-0.05, 0) is 48.1 Å². The van der Waals surface area contributed by atoms with Crippen molar-refractivity contribution in [2.75, 3.05) is 20.3 Å². The number of ether oxygens (including phenoxy) is 4. The van der Waals surface area contributed by atoms with E-state index in [-0.39, 0.29) is 31.8 Å². The molecule has 0 radical (unpaired) electrons. The van der Waals surface area contributed by atoms with Crippen molar-refractivity contribution in [3.63, 3.8) is 0 Å². The van der Waals surface area contributed by atoms with Crippen LogP contribution >= 0.6 is 0 Å². The highest BCUT2D eigenvalue weighted by Gasteiger charge is 2.53. The summed E-state index contributed by atoms with van der Waals surface area (Å²) in [7, 11) is 1.30. The molecule has 0 unspecified atom stereocenters. The Kier molecular flexibility index (Phi) is 11.8. The lowest BCUT2D eigenvalue weighted by molar-refractivity contribution is -0.316. The summed E-state index contributed by atoms with van der Waals surface area (Å²) < 4.78 is 23.4. The minimum absolute atomic E-state index is 0.00339. The third-order valence-corrected chi connectivity index (χ3v) is 10.6. The van der Waals surface area contributed by atoms with Crippen LogP contribution in [0.5, 0.6) is 0 Å². The number of benzene rings is 3. The minimum Gasteiger partial charge on any atom is -0.467 e. The summed E-state index contributed by atoms with van der Waals surface area (Å²) in [6, 6.07) is 22.3. The fourth-order valence-electron chi connectivity index (χ4n) is 7.92. The van der Waals surface area contributed by atoms with Crippen LogP contribution in [-0.4, -0.2) is 78.1 Å². The SMILES string of the molecule is COC(=O)[C@H](Cc1c[nH]c2ccccc12)NC(=O)C[C@H]1CCC[C@@H](NC(=O)[C@H](Cc2c[nH]c3ccccc23)NC(=O)OCc2ccccc2)C12OCCCO2. The number of hydrogen-bond acceptors (Lipinski definition) is 8. The number of fused-ring (bicyclic) bond motifs is 2. The average Bonchev–Trinajstić information content (AvgIpc) is 3.82. The lowest BCUT2D eigenvalue weighted by atomic mass is 9.76. The molecule has 55 heavy (non-hydrogen) atoms. The summed E-state index contributed by atoms with van der Waals surface area (Å²) in [5, 5.41) is 10.8. The van der Waals surface area contributed by atoms with Gasteiger partial charge in [0.1, 0.15) is 18.7 Å². The molecule has 5 aromatic rings. The lowest BCUT2D eigenvalue weighted by Crippen LogP contribution is -2.65. The molecule has 13 heteroatoms. The van der Waals surface area contributed by atoms with Gasteiger partial charge in [-0.2, -0.15) is 0 Å². The van der Waals surface area contributed by atoms with Gasteiger partial charge in [-0.1, -0.05) is 73.2 Å². The number of aromatic amines is 2. The summed E-state index contributed by atoms with van der Waals surface area (Å²) in [6.45, 7) is 0.821. The number of H-pyrrole nitrogens is 2. The van der Waals surface area contributed by atoms with E-state index in [4.69, 9.17) is 18.9 Å². The number of amides is 3. The number of carbonyl (C=O) groups excluding carboxylic acids is 4. The van der Waals surface area contributed by atoms with Gasteiger partial charge >= 0.3 is 12.1 Å². The Bertz CT molecular complexity index is 2110. The number of methoxy groups -OCH3 is 1. The first-order valence-electron chi connectivity index (χ1n) is 18.9. The Balaban J connectivity index is 1.07. The Morgan fingerprint density at radius 2 is 1.40 bits per heavy atom. The first-order valence-corrected chi connectivity index (χ1v) is 18.9. The van der Waals surface area contributed by atoms with Gasteiger partial charge in [-0.3, -0.25) is 9.59 Å². The number of aromatic nitrogens is 2. The zero-order chi connectivity index (χ0) is 38.2. The summed E-state index contributed by atoms with van der Waals surface area (Å²) in [4.78, 5) is 60.6. The molecular weight excluding hydrogens is 702 g/mol. The van der Waals surface area contributed by atoms with E-state index in [0.717, 1.165) is 38.5 Å². The molecular formula is C42H47N5O8. The number of nitrogens with one attached hydrogen (secondary N) is 5. The van der Waals surface area contributed by atoms with E-state index in [9.17, 15) is 19.2 Å². The highest BCUT2D eigenvalue weighted by Crippen LogP contribution is 2.42. The minimum atomic E-state index is -1.29. The molecule has 1 aliphatic carbocycles. The van der Waals surface area contributed by atoms with Gasteiger partial charge in [-0.15, -0.1) is 0 Å². The molecule has 2 aliphatic rings. The molecule has 3 amide bonds. The van der Waals surface area contributed by atoms with Crippen LogP contribution in [-0.2, 0) is 52.8 Å². The zero-order valence-corrected chi connectivity index (χ0v) is 30.8. The van der Waals surface area contributed by atoms with Crippen LogP contribution in [0.25, 0.3) is 21.8 Å². The summed E-state index contributed by atoms with van der Waals surface area (Å²) in [5.74, 6) is -3.07. The van der Waals surface area contributed by atoms with Crippen molar-refractivity contribution in [3.05, 3.63) is 108 Å². The highest BCUT2D eigenvalue weighted by atomic mass is 16.7. The highest BCUT2D eigenvalue weighted by molar-refractivity contribution is 5.89. The van der Waals surface area contributed by atoms with Crippen LogP contribution in [0, 0.1) is 5.92 Å². The van der Waals surface area contributed by atoms with Crippen molar-refractivity contribution in [3.8, 4) is 0 Å². The van der Waals surface area contributed by atoms with Crippen molar-refractivity contribution >= 4 is 45.7 Å². The first kappa shape index (κ1) is 37.6. The second kappa shape index (κ2) is 17.2. The van der Waals surface area contributed by atoms with Crippen LogP contribution in [0.15, 0.2) is 91.3 Å². The summed E-state index contributed by atoms with van der Waals surface area (Å²) >= 11 is 0. The van der Waals surface area contributed by atoms with Crippen LogP contribution < -0.4 is 16.0 Å². The van der Waals surface area contributed by atoms with Gasteiger partial charge in [0.15, 0.2) is 5.79 Å². The molecule has 1 saturated heterocycles.